The molecule has 0 radical (unpaired) electrons. The first-order chi connectivity index (χ1) is 8.78. The Morgan fingerprint density at radius 3 is 2.42 bits per heavy atom. The Bertz CT molecular complexity index is 397. The summed E-state index contributed by atoms with van der Waals surface area (Å²) >= 11 is 0. The summed E-state index contributed by atoms with van der Waals surface area (Å²) < 4.78 is 61.3. The van der Waals surface area contributed by atoms with Crippen molar-refractivity contribution >= 4 is 9.84 Å². The highest BCUT2D eigenvalue weighted by Gasteiger charge is 2.45. The summed E-state index contributed by atoms with van der Waals surface area (Å²) in [7, 11) is -2.95. The minimum absolute atomic E-state index is 0.0616. The minimum atomic E-state index is -4.23. The number of nitrogens with one attached hydrogen (secondary N) is 1. The van der Waals surface area contributed by atoms with Crippen molar-refractivity contribution in [3.05, 3.63) is 0 Å². The molecule has 0 aromatic rings. The second-order valence-corrected chi connectivity index (χ2v) is 7.66. The van der Waals surface area contributed by atoms with Crippen LogP contribution >= 0.6 is 0 Å². The summed E-state index contributed by atoms with van der Waals surface area (Å²) in [6, 6.07) is -1.44. The van der Waals surface area contributed by atoms with Gasteiger partial charge in [0.25, 0.3) is 0 Å². The van der Waals surface area contributed by atoms with E-state index in [9.17, 15) is 21.6 Å². The van der Waals surface area contributed by atoms with E-state index in [1.54, 1.807) is 0 Å². The van der Waals surface area contributed by atoms with E-state index >= 15 is 0 Å². The Morgan fingerprint density at radius 1 is 1.21 bits per heavy atom. The van der Waals surface area contributed by atoms with Crippen LogP contribution in [0.2, 0.25) is 0 Å². The topological polar surface area (TPSA) is 49.4 Å². The number of hydrogen-bond donors (Lipinski definition) is 1. The molecule has 0 spiro atoms. The van der Waals surface area contributed by atoms with Crippen LogP contribution in [0.4, 0.5) is 13.2 Å². The fraction of sp³-hybridized carbons (Fsp3) is 1.00. The summed E-state index contributed by atoms with van der Waals surface area (Å²) in [5, 5.41) is 2.76. The van der Waals surface area contributed by atoms with Crippen molar-refractivity contribution in [2.45, 2.75) is 25.1 Å². The van der Waals surface area contributed by atoms with E-state index in [0.717, 1.165) is 0 Å². The number of piperazine rings is 1. The molecule has 8 heteroatoms. The Balaban J connectivity index is 1.93. The molecule has 0 saturated carbocycles. The summed E-state index contributed by atoms with van der Waals surface area (Å²) in [4.78, 5) is 1.46. The van der Waals surface area contributed by atoms with Gasteiger partial charge in [0.2, 0.25) is 0 Å². The van der Waals surface area contributed by atoms with Crippen molar-refractivity contribution in [3.8, 4) is 0 Å². The lowest BCUT2D eigenvalue weighted by atomic mass is 10.0. The van der Waals surface area contributed by atoms with E-state index < -0.39 is 22.1 Å². The van der Waals surface area contributed by atoms with Gasteiger partial charge >= 0.3 is 6.18 Å². The Kier molecular flexibility index (Phi) is 4.42. The van der Waals surface area contributed by atoms with Crippen LogP contribution in [0.25, 0.3) is 0 Å². The predicted molar refractivity (Wildman–Crippen MR) is 65.7 cm³/mol. The average Bonchev–Trinajstić information content (AvgIpc) is 2.31. The Hall–Kier alpha value is -0.340. The van der Waals surface area contributed by atoms with E-state index in [0.29, 0.717) is 32.5 Å². The molecule has 2 aliphatic heterocycles. The van der Waals surface area contributed by atoms with Gasteiger partial charge in [-0.1, -0.05) is 0 Å². The molecule has 1 unspecified atom stereocenters. The Morgan fingerprint density at radius 2 is 1.84 bits per heavy atom. The van der Waals surface area contributed by atoms with E-state index in [1.807, 2.05) is 0 Å². The van der Waals surface area contributed by atoms with Crippen LogP contribution in [-0.4, -0.2) is 63.2 Å². The summed E-state index contributed by atoms with van der Waals surface area (Å²) in [6.45, 7) is 1.20. The highest BCUT2D eigenvalue weighted by atomic mass is 32.2. The number of rotatable bonds is 2. The molecule has 0 bridgehead atoms. The van der Waals surface area contributed by atoms with Crippen LogP contribution in [0.1, 0.15) is 12.8 Å². The summed E-state index contributed by atoms with van der Waals surface area (Å²) in [6.07, 6.45) is -3.26. The molecule has 2 saturated heterocycles. The molecule has 4 nitrogen and oxygen atoms in total. The molecule has 19 heavy (non-hydrogen) atoms. The van der Waals surface area contributed by atoms with Crippen LogP contribution in [0, 0.1) is 5.92 Å². The zero-order chi connectivity index (χ0) is 14.1. The third kappa shape index (κ3) is 4.06. The van der Waals surface area contributed by atoms with Crippen LogP contribution in [0.3, 0.4) is 0 Å². The van der Waals surface area contributed by atoms with E-state index in [4.69, 9.17) is 0 Å². The van der Waals surface area contributed by atoms with Gasteiger partial charge in [-0.25, -0.2) is 8.42 Å². The second kappa shape index (κ2) is 5.57. The molecule has 2 rings (SSSR count). The minimum Gasteiger partial charge on any atom is -0.314 e. The normalized spacial score (nSPS) is 30.4. The van der Waals surface area contributed by atoms with Gasteiger partial charge in [-0.3, -0.25) is 4.90 Å². The lowest BCUT2D eigenvalue weighted by Gasteiger charge is -2.39. The van der Waals surface area contributed by atoms with Crippen molar-refractivity contribution in [2.75, 3.05) is 37.7 Å². The molecule has 1 N–H and O–H groups in total. The van der Waals surface area contributed by atoms with Gasteiger partial charge in [0.05, 0.1) is 11.5 Å². The molecule has 0 amide bonds. The molecule has 0 aromatic heterocycles. The quantitative estimate of drug-likeness (QED) is 0.813. The van der Waals surface area contributed by atoms with Crippen molar-refractivity contribution in [1.29, 1.82) is 0 Å². The van der Waals surface area contributed by atoms with Gasteiger partial charge in [0.15, 0.2) is 0 Å². The maximum absolute atomic E-state index is 12.9. The number of alkyl halides is 3. The van der Waals surface area contributed by atoms with Gasteiger partial charge in [0.1, 0.15) is 15.9 Å². The van der Waals surface area contributed by atoms with Crippen molar-refractivity contribution < 1.29 is 21.6 Å². The molecule has 0 aliphatic carbocycles. The van der Waals surface area contributed by atoms with E-state index in [2.05, 4.69) is 5.32 Å². The van der Waals surface area contributed by atoms with Gasteiger partial charge < -0.3 is 5.32 Å². The zero-order valence-electron chi connectivity index (χ0n) is 10.6. The smallest absolute Gasteiger partial charge is 0.314 e. The number of sulfone groups is 1. The van der Waals surface area contributed by atoms with Gasteiger partial charge in [0, 0.05) is 26.2 Å². The number of halogens is 3. The van der Waals surface area contributed by atoms with Gasteiger partial charge in [-0.2, -0.15) is 13.2 Å². The predicted octanol–water partition coefficient (Wildman–Crippen LogP) is 0.647. The summed E-state index contributed by atoms with van der Waals surface area (Å²) in [5.74, 6) is 0.285. The molecular formula is C11H19F3N2O2S. The Labute approximate surface area is 111 Å². The molecular weight excluding hydrogens is 281 g/mol. The van der Waals surface area contributed by atoms with Crippen LogP contribution in [0.5, 0.6) is 0 Å². The first kappa shape index (κ1) is 15.1. The van der Waals surface area contributed by atoms with Crippen molar-refractivity contribution in [1.82, 2.24) is 10.2 Å². The zero-order valence-corrected chi connectivity index (χ0v) is 11.4. The maximum Gasteiger partial charge on any atom is 0.405 e. The summed E-state index contributed by atoms with van der Waals surface area (Å²) in [5.41, 5.74) is 0. The van der Waals surface area contributed by atoms with Crippen molar-refractivity contribution in [3.63, 3.8) is 0 Å². The molecule has 112 valence electrons. The molecule has 1 atom stereocenters. The molecule has 2 aliphatic rings. The van der Waals surface area contributed by atoms with Crippen LogP contribution in [0.15, 0.2) is 0 Å². The molecule has 0 aromatic carbocycles. The number of hydrogen-bond acceptors (Lipinski definition) is 4. The largest absolute Gasteiger partial charge is 0.405 e. The average molecular weight is 300 g/mol. The van der Waals surface area contributed by atoms with E-state index in [-0.39, 0.29) is 24.0 Å². The van der Waals surface area contributed by atoms with Gasteiger partial charge in [-0.05, 0) is 18.8 Å². The maximum atomic E-state index is 12.9. The van der Waals surface area contributed by atoms with E-state index in [1.165, 1.54) is 4.90 Å². The lowest BCUT2D eigenvalue weighted by Crippen LogP contribution is -2.58. The monoisotopic (exact) mass is 300 g/mol. The highest BCUT2D eigenvalue weighted by molar-refractivity contribution is 7.91. The first-order valence-electron chi connectivity index (χ1n) is 6.50. The third-order valence-corrected chi connectivity index (χ3v) is 5.61. The fourth-order valence-corrected chi connectivity index (χ4v) is 4.33. The third-order valence-electron chi connectivity index (χ3n) is 3.90. The van der Waals surface area contributed by atoms with Crippen LogP contribution in [-0.2, 0) is 9.84 Å². The van der Waals surface area contributed by atoms with Gasteiger partial charge in [-0.15, -0.1) is 0 Å². The highest BCUT2D eigenvalue weighted by Crippen LogP contribution is 2.28. The second-order valence-electron chi connectivity index (χ2n) is 5.35. The number of nitrogens with zero attached hydrogens (tertiary/aromatic N) is 1. The fourth-order valence-electron chi connectivity index (χ4n) is 2.74. The van der Waals surface area contributed by atoms with Crippen molar-refractivity contribution in [2.24, 2.45) is 5.92 Å². The lowest BCUT2D eigenvalue weighted by molar-refractivity contribution is -0.188. The SMILES string of the molecule is O=S1(=O)CCC(CN2CCNCC2C(F)(F)F)CC1. The first-order valence-corrected chi connectivity index (χ1v) is 8.32. The molecule has 2 heterocycles. The standard InChI is InChI=1S/C11H19F3N2O2S/c12-11(13,14)10-7-15-3-4-16(10)8-9-1-5-19(17,18)6-2-9/h9-10,15H,1-8H2. The van der Waals surface area contributed by atoms with Crippen LogP contribution < -0.4 is 5.32 Å². The molecule has 2 fully saturated rings.